The molecule has 3 saturated heterocycles. The van der Waals surface area contributed by atoms with Crippen molar-refractivity contribution in [2.75, 3.05) is 105 Å². The Bertz CT molecular complexity index is 4890. The van der Waals surface area contributed by atoms with Crippen molar-refractivity contribution in [1.29, 1.82) is 0 Å². The number of benzene rings is 7. The van der Waals surface area contributed by atoms with E-state index in [2.05, 4.69) is 238 Å². The zero-order chi connectivity index (χ0) is 105. The van der Waals surface area contributed by atoms with Gasteiger partial charge >= 0.3 is 41.8 Å². The summed E-state index contributed by atoms with van der Waals surface area (Å²) in [4.78, 5) is 122. The van der Waals surface area contributed by atoms with E-state index >= 15 is 0 Å². The number of carboxylic acid groups (broad SMARTS) is 2. The minimum Gasteiger partial charge on any atom is -0.481 e. The molecule has 3 aliphatic heterocycles. The monoisotopic (exact) mass is 1940 g/mol. The van der Waals surface area contributed by atoms with E-state index in [0.717, 1.165) is 137 Å². The first-order valence-electron chi connectivity index (χ1n) is 49.5. The maximum atomic E-state index is 12.1. The van der Waals surface area contributed by atoms with Crippen molar-refractivity contribution in [3.05, 3.63) is 278 Å². The highest BCUT2D eigenvalue weighted by Gasteiger charge is 2.24. The van der Waals surface area contributed by atoms with Crippen molar-refractivity contribution in [1.82, 2.24) is 14.8 Å². The third-order valence-electron chi connectivity index (χ3n) is 23.5. The number of esters is 5. The molecule has 0 saturated carbocycles. The number of pyridine rings is 1. The number of hydrogen-bond acceptors (Lipinski definition) is 21. The van der Waals surface area contributed by atoms with Gasteiger partial charge in [0.15, 0.2) is 6.61 Å². The Labute approximate surface area is 840 Å². The summed E-state index contributed by atoms with van der Waals surface area (Å²) in [6.07, 6.45) is 10.9. The van der Waals surface area contributed by atoms with Crippen LogP contribution in [0.25, 0.3) is 0 Å². The molecule has 1 amide bonds. The standard InChI is InChI=1S/C19H29NO2.C19H23NO.C18H27NO3.C17H24O3.C15H21NO3.C15H20O4.C14H18O4/c1-19(2,3)17-8-6-16(7-9-17)15-18(21)5-4-10-20-11-13-22-14-12-20;1-19(2,3)17-7-4-16(5-8-17)14-18(21)9-6-15-10-12-20-13-11-15;1-18(2,3)16-6-4-15(5-7-16)14-17(20)22-13-10-19-8-11-21-12-9-19;1-17(2,3)14-8-6-13(7-9-14)11-16(18)20-12-15-5-4-10-19-15;2*1-15(2,3)12-6-4-11(5-7-12)10-14(18)19-9-8-13(16)17;1-14(2,3)11-6-4-10(5-7-11)8-13(17)18-9-12(15)16/h6-9H,4-5,10-15H2,1-3H3;4-5,7-8,10-13H,6,9,14H2,1-3H3;4-7H,8-14H2,1-3H3;6-9,15H,4-5,10-12H2,1-3H3;4-7H,8-10H2,1-3H3,(H2,16,17);4-7H,8-10H2,1-3H3,(H,16,17);4-7H,8-9H2,1-3H3,(H,15,16). The minimum atomic E-state index is -1.15. The first kappa shape index (κ1) is 120. The number of carboxylic acids is 2. The Morgan fingerprint density at radius 3 is 0.901 bits per heavy atom. The summed E-state index contributed by atoms with van der Waals surface area (Å²) < 4.78 is 41.0. The molecule has 24 heteroatoms. The molecule has 8 aromatic rings. The van der Waals surface area contributed by atoms with Gasteiger partial charge in [-0.3, -0.25) is 57.9 Å². The third kappa shape index (κ3) is 52.3. The molecule has 3 fully saturated rings. The first-order chi connectivity index (χ1) is 66.2. The molecule has 0 bridgehead atoms. The molecule has 11 rings (SSSR count). The largest absolute Gasteiger partial charge is 0.481 e. The number of morpholine rings is 2. The lowest BCUT2D eigenvalue weighted by atomic mass is 9.86. The summed E-state index contributed by atoms with van der Waals surface area (Å²) in [5.74, 6) is -3.56. The van der Waals surface area contributed by atoms with Crippen LogP contribution in [-0.4, -0.2) is 196 Å². The fourth-order valence-corrected chi connectivity index (χ4v) is 14.5. The normalized spacial score (nSPS) is 14.0. The molecule has 4 N–H and O–H groups in total. The van der Waals surface area contributed by atoms with Crippen molar-refractivity contribution in [2.24, 2.45) is 5.73 Å². The number of nitrogens with zero attached hydrogens (tertiary/aromatic N) is 3. The molecule has 24 nitrogen and oxygen atoms in total. The van der Waals surface area contributed by atoms with Gasteiger partial charge in [0.2, 0.25) is 5.91 Å². The number of carbonyl (C=O) groups excluding carboxylic acids is 8. The van der Waals surface area contributed by atoms with Gasteiger partial charge in [0.1, 0.15) is 38.0 Å². The number of nitrogens with two attached hydrogens (primary N) is 1. The van der Waals surface area contributed by atoms with Crippen molar-refractivity contribution in [2.45, 2.75) is 286 Å². The van der Waals surface area contributed by atoms with E-state index in [1.54, 1.807) is 12.4 Å². The van der Waals surface area contributed by atoms with Crippen molar-refractivity contribution in [3.63, 3.8) is 0 Å². The summed E-state index contributed by atoms with van der Waals surface area (Å²) >= 11 is 0. The highest BCUT2D eigenvalue weighted by Crippen LogP contribution is 2.30. The molecular formula is C117H162N4O20. The molecule has 4 heterocycles. The molecule has 0 aliphatic carbocycles. The predicted molar refractivity (Wildman–Crippen MR) is 556 cm³/mol. The number of aryl methyl sites for hydroxylation is 1. The fraction of sp³-hybridized carbons (Fsp3) is 0.513. The van der Waals surface area contributed by atoms with E-state index in [0.29, 0.717) is 57.5 Å². The van der Waals surface area contributed by atoms with Crippen LogP contribution in [-0.2, 0) is 175 Å². The lowest BCUT2D eigenvalue weighted by Gasteiger charge is -2.26. The van der Waals surface area contributed by atoms with Crippen LogP contribution in [0.5, 0.6) is 0 Å². The number of ketones is 2. The number of aromatic nitrogens is 1. The van der Waals surface area contributed by atoms with Gasteiger partial charge in [-0.05, 0) is 166 Å². The Morgan fingerprint density at radius 1 is 0.326 bits per heavy atom. The molecule has 0 spiro atoms. The average molecular weight is 1940 g/mol. The van der Waals surface area contributed by atoms with E-state index in [1.165, 1.54) is 44.5 Å². The molecule has 7 aromatic carbocycles. The number of ether oxygens (including phenoxy) is 8. The number of carbonyl (C=O) groups is 10. The second-order valence-electron chi connectivity index (χ2n) is 43.2. The smallest absolute Gasteiger partial charge is 0.341 e. The van der Waals surface area contributed by atoms with Gasteiger partial charge < -0.3 is 53.8 Å². The lowest BCUT2D eigenvalue weighted by Crippen LogP contribution is -2.38. The van der Waals surface area contributed by atoms with Crippen LogP contribution in [0, 0.1) is 0 Å². The average Bonchev–Trinajstić information content (AvgIpc) is 1.71. The fourth-order valence-electron chi connectivity index (χ4n) is 14.5. The second kappa shape index (κ2) is 60.1. The summed E-state index contributed by atoms with van der Waals surface area (Å²) in [6, 6.07) is 60.6. The number of hydrogen-bond donors (Lipinski definition) is 3. The lowest BCUT2D eigenvalue weighted by molar-refractivity contribution is -0.154. The zero-order valence-corrected chi connectivity index (χ0v) is 88.1. The summed E-state index contributed by atoms with van der Waals surface area (Å²) in [5, 5.41) is 16.8. The Kier molecular flexibility index (Phi) is 51.2. The predicted octanol–water partition coefficient (Wildman–Crippen LogP) is 19.6. The maximum Gasteiger partial charge on any atom is 0.341 e. The molecule has 0 radical (unpaired) electrons. The summed E-state index contributed by atoms with van der Waals surface area (Å²) in [7, 11) is 0. The quantitative estimate of drug-likeness (QED) is 0.0249. The SMILES string of the molecule is CC(C)(C)c1ccc(CC(=O)CCCN2CCOCC2)cc1.CC(C)(C)c1ccc(CC(=O)CCc2ccncc2)cc1.CC(C)(C)c1ccc(CC(=O)OCC(=O)O)cc1.CC(C)(C)c1ccc(CC(=O)OCC2CCCO2)cc1.CC(C)(C)c1ccc(CC(=O)OCCC(=O)O)cc1.CC(C)(C)c1ccc(CC(=O)OCCC(N)=O)cc1.CC(C)(C)c1ccc(CC(=O)OCCN2CCOCC2)cc1. The van der Waals surface area contributed by atoms with Crippen molar-refractivity contribution in [3.8, 4) is 0 Å². The van der Waals surface area contributed by atoms with Crippen LogP contribution < -0.4 is 5.73 Å². The minimum absolute atomic E-state index is 0.0498. The van der Waals surface area contributed by atoms with Crippen LogP contribution >= 0.6 is 0 Å². The van der Waals surface area contributed by atoms with Gasteiger partial charge in [-0.2, -0.15) is 0 Å². The van der Waals surface area contributed by atoms with E-state index in [1.807, 2.05) is 109 Å². The van der Waals surface area contributed by atoms with Crippen LogP contribution in [0.4, 0.5) is 0 Å². The molecule has 770 valence electrons. The molecule has 1 atom stereocenters. The number of Topliss-reactive ketones (excluding diaryl/α,β-unsaturated/α-hetero) is 2. The summed E-state index contributed by atoms with van der Waals surface area (Å²) in [6.45, 7) is 55.3. The highest BCUT2D eigenvalue weighted by atomic mass is 16.6. The Balaban J connectivity index is 0.000000290. The van der Waals surface area contributed by atoms with Gasteiger partial charge in [0, 0.05) is 77.4 Å². The van der Waals surface area contributed by atoms with Gasteiger partial charge in [-0.15, -0.1) is 0 Å². The number of primary amides is 1. The van der Waals surface area contributed by atoms with Gasteiger partial charge in [0.25, 0.3) is 0 Å². The molecule has 1 unspecified atom stereocenters. The van der Waals surface area contributed by atoms with Crippen molar-refractivity contribution >= 4 is 59.3 Å². The van der Waals surface area contributed by atoms with E-state index < -0.39 is 36.4 Å². The number of rotatable bonds is 34. The summed E-state index contributed by atoms with van der Waals surface area (Å²) in [5.41, 5.74) is 22.6. The highest BCUT2D eigenvalue weighted by molar-refractivity contribution is 5.82. The Hall–Kier alpha value is -11.4. The number of amides is 1. The number of aliphatic carboxylic acids is 2. The maximum absolute atomic E-state index is 12.1. The van der Waals surface area contributed by atoms with Gasteiger partial charge in [-0.1, -0.05) is 315 Å². The first-order valence-corrected chi connectivity index (χ1v) is 49.5. The third-order valence-corrected chi connectivity index (χ3v) is 23.5. The van der Waals surface area contributed by atoms with Crippen LogP contribution in [0.1, 0.15) is 274 Å². The molecular weight excluding hydrogens is 1780 g/mol. The molecule has 141 heavy (non-hydrogen) atoms. The van der Waals surface area contributed by atoms with E-state index in [4.69, 9.17) is 49.1 Å². The molecule has 3 aliphatic rings. The molecule has 1 aromatic heterocycles. The zero-order valence-electron chi connectivity index (χ0n) is 88.1. The van der Waals surface area contributed by atoms with Gasteiger partial charge in [-0.25, -0.2) is 4.79 Å². The van der Waals surface area contributed by atoms with Crippen LogP contribution in [0.3, 0.4) is 0 Å². The second-order valence-corrected chi connectivity index (χ2v) is 43.2. The topological polar surface area (TPSA) is 330 Å². The van der Waals surface area contributed by atoms with Gasteiger partial charge in [0.05, 0.1) is 77.5 Å². The van der Waals surface area contributed by atoms with Crippen molar-refractivity contribution < 1.29 is 96.1 Å². The van der Waals surface area contributed by atoms with Crippen LogP contribution in [0.2, 0.25) is 0 Å². The van der Waals surface area contributed by atoms with E-state index in [9.17, 15) is 47.9 Å². The van der Waals surface area contributed by atoms with Crippen LogP contribution in [0.15, 0.2) is 194 Å². The van der Waals surface area contributed by atoms with E-state index in [-0.39, 0.29) is 113 Å². The Morgan fingerprint density at radius 2 is 0.610 bits per heavy atom.